The fourth-order valence-electron chi connectivity index (χ4n) is 3.61. The summed E-state index contributed by atoms with van der Waals surface area (Å²) in [7, 11) is 0. The maximum atomic E-state index is 13.1. The van der Waals surface area contributed by atoms with E-state index in [4.69, 9.17) is 0 Å². The number of rotatable bonds is 6. The number of amides is 3. The number of hydrogen-bond donors (Lipinski definition) is 1. The molecule has 3 aromatic rings. The first kappa shape index (κ1) is 20.9. The number of nitrogens with zero attached hydrogens (tertiary/aromatic N) is 3. The third-order valence-electron chi connectivity index (χ3n) is 5.22. The van der Waals surface area contributed by atoms with Crippen molar-refractivity contribution in [2.24, 2.45) is 0 Å². The van der Waals surface area contributed by atoms with Crippen LogP contribution in [0.1, 0.15) is 18.9 Å². The van der Waals surface area contributed by atoms with Gasteiger partial charge in [0.25, 0.3) is 0 Å². The van der Waals surface area contributed by atoms with Crippen molar-refractivity contribution in [3.63, 3.8) is 0 Å². The molecule has 1 N–H and O–H groups in total. The van der Waals surface area contributed by atoms with Crippen LogP contribution >= 0.6 is 11.3 Å². The van der Waals surface area contributed by atoms with Crippen molar-refractivity contribution in [2.45, 2.75) is 25.9 Å². The summed E-state index contributed by atoms with van der Waals surface area (Å²) < 4.78 is 14.0. The standard InChI is InChI=1S/C22H21FN4O3S/c1-2-17(19(28)25-22-24-16-5-3-4-6-18(16)31-22)27-12-11-26(20(29)21(27)30)13-14-7-9-15(23)10-8-14/h3-10,17H,2,11-13H2,1H3,(H,24,25,28). The third kappa shape index (κ3) is 4.41. The van der Waals surface area contributed by atoms with Crippen molar-refractivity contribution >= 4 is 44.4 Å². The van der Waals surface area contributed by atoms with Crippen LogP contribution in [-0.2, 0) is 20.9 Å². The Morgan fingerprint density at radius 2 is 1.87 bits per heavy atom. The second-order valence-electron chi connectivity index (χ2n) is 7.25. The normalized spacial score (nSPS) is 15.4. The minimum atomic E-state index is -0.767. The van der Waals surface area contributed by atoms with Gasteiger partial charge in [0, 0.05) is 19.6 Å². The number of carbonyl (C=O) groups is 3. The lowest BCUT2D eigenvalue weighted by Gasteiger charge is -2.37. The number of benzene rings is 2. The van der Waals surface area contributed by atoms with Crippen LogP contribution in [0, 0.1) is 5.82 Å². The Balaban J connectivity index is 1.43. The number of thiazole rings is 1. The molecule has 7 nitrogen and oxygen atoms in total. The highest BCUT2D eigenvalue weighted by Crippen LogP contribution is 2.26. The Morgan fingerprint density at radius 1 is 1.13 bits per heavy atom. The zero-order chi connectivity index (χ0) is 22.0. The first-order valence-corrected chi connectivity index (χ1v) is 10.8. The van der Waals surface area contributed by atoms with Crippen LogP contribution in [0.3, 0.4) is 0 Å². The Morgan fingerprint density at radius 3 is 2.58 bits per heavy atom. The van der Waals surface area contributed by atoms with Crippen LogP contribution in [-0.4, -0.2) is 51.6 Å². The lowest BCUT2D eigenvalue weighted by atomic mass is 10.1. The highest BCUT2D eigenvalue weighted by atomic mass is 32.1. The molecule has 2 aromatic carbocycles. The summed E-state index contributed by atoms with van der Waals surface area (Å²) >= 11 is 1.36. The van der Waals surface area contributed by atoms with Gasteiger partial charge in [0.15, 0.2) is 5.13 Å². The van der Waals surface area contributed by atoms with E-state index < -0.39 is 17.9 Å². The topological polar surface area (TPSA) is 82.6 Å². The number of carbonyl (C=O) groups excluding carboxylic acids is 3. The monoisotopic (exact) mass is 440 g/mol. The van der Waals surface area contributed by atoms with Gasteiger partial charge in [0.1, 0.15) is 11.9 Å². The zero-order valence-electron chi connectivity index (χ0n) is 16.9. The molecule has 1 saturated heterocycles. The maximum absolute atomic E-state index is 13.1. The summed E-state index contributed by atoms with van der Waals surface area (Å²) in [5.74, 6) is -2.10. The molecule has 0 spiro atoms. The molecule has 1 atom stereocenters. The predicted molar refractivity (Wildman–Crippen MR) is 116 cm³/mol. The van der Waals surface area contributed by atoms with E-state index in [0.29, 0.717) is 18.1 Å². The fraction of sp³-hybridized carbons (Fsp3) is 0.273. The number of aromatic nitrogens is 1. The summed E-state index contributed by atoms with van der Waals surface area (Å²) in [5, 5.41) is 3.24. The first-order valence-electron chi connectivity index (χ1n) is 9.97. The van der Waals surface area contributed by atoms with Crippen LogP contribution in [0.4, 0.5) is 9.52 Å². The minimum Gasteiger partial charge on any atom is -0.328 e. The van der Waals surface area contributed by atoms with Crippen LogP contribution in [0.5, 0.6) is 0 Å². The molecule has 3 amide bonds. The molecule has 160 valence electrons. The van der Waals surface area contributed by atoms with Crippen LogP contribution in [0.25, 0.3) is 10.2 Å². The molecule has 1 unspecified atom stereocenters. The van der Waals surface area contributed by atoms with Gasteiger partial charge >= 0.3 is 11.8 Å². The average molecular weight is 441 g/mol. The van der Waals surface area contributed by atoms with Gasteiger partial charge in [-0.05, 0) is 36.2 Å². The van der Waals surface area contributed by atoms with Crippen molar-refractivity contribution in [3.8, 4) is 0 Å². The van der Waals surface area contributed by atoms with E-state index in [1.807, 2.05) is 24.3 Å². The van der Waals surface area contributed by atoms with Crippen LogP contribution in [0.15, 0.2) is 48.5 Å². The van der Waals surface area contributed by atoms with Gasteiger partial charge in [-0.1, -0.05) is 42.5 Å². The summed E-state index contributed by atoms with van der Waals surface area (Å²) in [5.41, 5.74) is 1.52. The summed E-state index contributed by atoms with van der Waals surface area (Å²) in [4.78, 5) is 45.4. The molecule has 1 aromatic heterocycles. The maximum Gasteiger partial charge on any atom is 0.312 e. The van der Waals surface area contributed by atoms with Gasteiger partial charge in [-0.2, -0.15) is 0 Å². The molecular weight excluding hydrogens is 419 g/mol. The Kier molecular flexibility index (Phi) is 5.94. The second kappa shape index (κ2) is 8.81. The van der Waals surface area contributed by atoms with Crippen LogP contribution < -0.4 is 5.32 Å². The molecule has 4 rings (SSSR count). The zero-order valence-corrected chi connectivity index (χ0v) is 17.7. The quantitative estimate of drug-likeness (QED) is 0.598. The molecule has 0 saturated carbocycles. The number of hydrogen-bond acceptors (Lipinski definition) is 5. The Labute approximate surface area is 182 Å². The van der Waals surface area contributed by atoms with E-state index in [9.17, 15) is 18.8 Å². The van der Waals surface area contributed by atoms with Crippen molar-refractivity contribution in [3.05, 3.63) is 59.9 Å². The molecule has 31 heavy (non-hydrogen) atoms. The van der Waals surface area contributed by atoms with Crippen molar-refractivity contribution in [1.82, 2.24) is 14.8 Å². The summed E-state index contributed by atoms with van der Waals surface area (Å²) in [6, 6.07) is 12.6. The molecule has 0 radical (unpaired) electrons. The fourth-order valence-corrected chi connectivity index (χ4v) is 4.48. The van der Waals surface area contributed by atoms with E-state index in [1.165, 1.54) is 33.3 Å². The minimum absolute atomic E-state index is 0.216. The largest absolute Gasteiger partial charge is 0.328 e. The summed E-state index contributed by atoms with van der Waals surface area (Å²) in [6.07, 6.45) is 0.369. The number of para-hydroxylation sites is 1. The average Bonchev–Trinajstić information content (AvgIpc) is 3.17. The van der Waals surface area contributed by atoms with Gasteiger partial charge in [-0.15, -0.1) is 0 Å². The van der Waals surface area contributed by atoms with Crippen LogP contribution in [0.2, 0.25) is 0 Å². The van der Waals surface area contributed by atoms with E-state index in [1.54, 1.807) is 19.1 Å². The van der Waals surface area contributed by atoms with E-state index in [2.05, 4.69) is 10.3 Å². The van der Waals surface area contributed by atoms with Gasteiger partial charge in [-0.3, -0.25) is 14.4 Å². The SMILES string of the molecule is CCC(C(=O)Nc1nc2ccccc2s1)N1CCN(Cc2ccc(F)cc2)C(=O)C1=O. The molecular formula is C22H21FN4O3S. The molecule has 9 heteroatoms. The molecule has 0 bridgehead atoms. The lowest BCUT2D eigenvalue weighted by molar-refractivity contribution is -0.159. The van der Waals surface area contributed by atoms with Gasteiger partial charge in [0.2, 0.25) is 5.91 Å². The predicted octanol–water partition coefficient (Wildman–Crippen LogP) is 3.02. The number of nitrogens with one attached hydrogen (secondary N) is 1. The number of anilines is 1. The smallest absolute Gasteiger partial charge is 0.312 e. The summed E-state index contributed by atoms with van der Waals surface area (Å²) in [6.45, 7) is 2.56. The molecule has 0 aliphatic carbocycles. The van der Waals surface area contributed by atoms with Crippen molar-refractivity contribution in [2.75, 3.05) is 18.4 Å². The van der Waals surface area contributed by atoms with E-state index in [-0.39, 0.29) is 24.8 Å². The molecule has 1 fully saturated rings. The molecule has 2 heterocycles. The second-order valence-corrected chi connectivity index (χ2v) is 8.28. The van der Waals surface area contributed by atoms with E-state index >= 15 is 0 Å². The Bertz CT molecular complexity index is 1100. The highest BCUT2D eigenvalue weighted by molar-refractivity contribution is 7.22. The van der Waals surface area contributed by atoms with Crippen molar-refractivity contribution in [1.29, 1.82) is 0 Å². The number of halogens is 1. The third-order valence-corrected chi connectivity index (χ3v) is 6.17. The van der Waals surface area contributed by atoms with Gasteiger partial charge in [-0.25, -0.2) is 9.37 Å². The lowest BCUT2D eigenvalue weighted by Crippen LogP contribution is -2.59. The highest BCUT2D eigenvalue weighted by Gasteiger charge is 2.38. The number of fused-ring (bicyclic) bond motifs is 1. The first-order chi connectivity index (χ1) is 15.0. The molecule has 1 aliphatic rings. The number of piperazine rings is 1. The Hall–Kier alpha value is -3.33. The van der Waals surface area contributed by atoms with E-state index in [0.717, 1.165) is 15.8 Å². The van der Waals surface area contributed by atoms with Crippen molar-refractivity contribution < 1.29 is 18.8 Å². The molecule has 1 aliphatic heterocycles. The van der Waals surface area contributed by atoms with Gasteiger partial charge < -0.3 is 15.1 Å². The van der Waals surface area contributed by atoms with Gasteiger partial charge in [0.05, 0.1) is 10.2 Å².